The summed E-state index contributed by atoms with van der Waals surface area (Å²) in [6.45, 7) is 0. The Labute approximate surface area is 118 Å². The predicted molar refractivity (Wildman–Crippen MR) is 61.7 cm³/mol. The van der Waals surface area contributed by atoms with E-state index < -0.39 is 53.2 Å². The van der Waals surface area contributed by atoms with E-state index in [1.54, 1.807) is 5.32 Å². The zero-order valence-corrected chi connectivity index (χ0v) is 10.5. The van der Waals surface area contributed by atoms with E-state index in [2.05, 4.69) is 0 Å². The van der Waals surface area contributed by atoms with Crippen molar-refractivity contribution in [3.8, 4) is 0 Å². The molecule has 1 amide bonds. The third-order valence-electron chi connectivity index (χ3n) is 2.40. The maximum absolute atomic E-state index is 12.7. The van der Waals surface area contributed by atoms with Crippen LogP contribution < -0.4 is 11.1 Å². The molecule has 5 nitrogen and oxygen atoms in total. The summed E-state index contributed by atoms with van der Waals surface area (Å²) in [5.41, 5.74) is -0.458. The molecule has 0 aromatic heterocycles. The summed E-state index contributed by atoms with van der Waals surface area (Å²) in [5.74, 6) is -2.93. The highest BCUT2D eigenvalue weighted by Crippen LogP contribution is 2.41. The van der Waals surface area contributed by atoms with Crippen LogP contribution in [0.2, 0.25) is 0 Å². The number of rotatable bonds is 3. The third-order valence-corrected chi connectivity index (χ3v) is 2.40. The first kappa shape index (κ1) is 17.6. The highest BCUT2D eigenvalue weighted by molar-refractivity contribution is 6.03. The molecule has 0 atom stereocenters. The number of carboxylic acid groups (broad SMARTS) is 1. The second kappa shape index (κ2) is 5.73. The number of nitrogen functional groups attached to an aromatic ring is 1. The lowest BCUT2D eigenvalue weighted by atomic mass is 10.1. The van der Waals surface area contributed by atoms with Crippen molar-refractivity contribution in [1.82, 2.24) is 0 Å². The fraction of sp³-hybridized carbons (Fsp3) is 0.273. The van der Waals surface area contributed by atoms with Crippen molar-refractivity contribution in [3.05, 3.63) is 23.3 Å². The van der Waals surface area contributed by atoms with Gasteiger partial charge in [0.25, 0.3) is 0 Å². The minimum atomic E-state index is -5.18. The van der Waals surface area contributed by atoms with Gasteiger partial charge in [-0.2, -0.15) is 26.3 Å². The topological polar surface area (TPSA) is 92.4 Å². The van der Waals surface area contributed by atoms with Crippen LogP contribution in [-0.2, 0) is 21.9 Å². The number of aliphatic carboxylic acids is 1. The van der Waals surface area contributed by atoms with Crippen LogP contribution in [0.4, 0.5) is 37.7 Å². The monoisotopic (exact) mass is 330 g/mol. The number of hydrogen-bond acceptors (Lipinski definition) is 3. The number of benzene rings is 1. The van der Waals surface area contributed by atoms with E-state index in [1.807, 2.05) is 0 Å². The highest BCUT2D eigenvalue weighted by atomic mass is 19.4. The van der Waals surface area contributed by atoms with Gasteiger partial charge in [0, 0.05) is 0 Å². The number of nitrogens with one attached hydrogen (secondary N) is 1. The van der Waals surface area contributed by atoms with E-state index in [4.69, 9.17) is 10.8 Å². The molecule has 0 aliphatic rings. The minimum Gasteiger partial charge on any atom is -0.481 e. The maximum Gasteiger partial charge on any atom is 0.418 e. The molecule has 0 aliphatic carbocycles. The van der Waals surface area contributed by atoms with Crippen LogP contribution >= 0.6 is 0 Å². The first-order valence-electron chi connectivity index (χ1n) is 5.42. The van der Waals surface area contributed by atoms with Gasteiger partial charge in [0.1, 0.15) is 6.42 Å². The number of carbonyl (C=O) groups is 2. The molecular formula is C11H8F6N2O3. The van der Waals surface area contributed by atoms with Crippen molar-refractivity contribution in [3.63, 3.8) is 0 Å². The first-order valence-corrected chi connectivity index (χ1v) is 5.42. The van der Waals surface area contributed by atoms with Crippen molar-refractivity contribution < 1.29 is 41.0 Å². The Morgan fingerprint density at radius 2 is 1.64 bits per heavy atom. The van der Waals surface area contributed by atoms with E-state index in [0.717, 1.165) is 0 Å². The summed E-state index contributed by atoms with van der Waals surface area (Å²) in [4.78, 5) is 21.5. The Bertz CT molecular complexity index is 609. The average molecular weight is 330 g/mol. The summed E-state index contributed by atoms with van der Waals surface area (Å²) < 4.78 is 75.9. The van der Waals surface area contributed by atoms with Gasteiger partial charge in [-0.05, 0) is 12.1 Å². The van der Waals surface area contributed by atoms with Crippen molar-refractivity contribution in [2.75, 3.05) is 11.1 Å². The second-order valence-corrected chi connectivity index (χ2v) is 4.10. The zero-order chi connectivity index (χ0) is 17.3. The van der Waals surface area contributed by atoms with Gasteiger partial charge in [-0.25, -0.2) is 0 Å². The molecule has 0 spiro atoms. The molecular weight excluding hydrogens is 322 g/mol. The molecule has 122 valence electrons. The maximum atomic E-state index is 12.7. The second-order valence-electron chi connectivity index (χ2n) is 4.10. The number of anilines is 2. The lowest BCUT2D eigenvalue weighted by Gasteiger charge is -2.17. The summed E-state index contributed by atoms with van der Waals surface area (Å²) in [5, 5.41) is 9.97. The average Bonchev–Trinajstić information content (AvgIpc) is 2.27. The van der Waals surface area contributed by atoms with E-state index in [-0.39, 0.29) is 12.1 Å². The number of hydrogen-bond donors (Lipinski definition) is 3. The first-order chi connectivity index (χ1) is 9.82. The van der Waals surface area contributed by atoms with Crippen LogP contribution in [0.25, 0.3) is 0 Å². The summed E-state index contributed by atoms with van der Waals surface area (Å²) in [7, 11) is 0. The molecule has 4 N–H and O–H groups in total. The van der Waals surface area contributed by atoms with E-state index in [9.17, 15) is 35.9 Å². The molecule has 0 radical (unpaired) electrons. The van der Waals surface area contributed by atoms with Crippen LogP contribution in [0, 0.1) is 0 Å². The Morgan fingerprint density at radius 3 is 2.05 bits per heavy atom. The zero-order valence-electron chi connectivity index (χ0n) is 10.5. The van der Waals surface area contributed by atoms with Crippen molar-refractivity contribution in [2.24, 2.45) is 0 Å². The van der Waals surface area contributed by atoms with Gasteiger partial charge in [-0.15, -0.1) is 0 Å². The Morgan fingerprint density at radius 1 is 1.09 bits per heavy atom. The molecule has 0 saturated carbocycles. The van der Waals surface area contributed by atoms with Gasteiger partial charge in [0.05, 0.1) is 22.5 Å². The van der Waals surface area contributed by atoms with Crippen LogP contribution in [0.1, 0.15) is 17.5 Å². The van der Waals surface area contributed by atoms with Gasteiger partial charge in [0.15, 0.2) is 0 Å². The van der Waals surface area contributed by atoms with Gasteiger partial charge in [0.2, 0.25) is 5.91 Å². The van der Waals surface area contributed by atoms with E-state index in [0.29, 0.717) is 0 Å². The van der Waals surface area contributed by atoms with Gasteiger partial charge in [-0.1, -0.05) is 0 Å². The van der Waals surface area contributed by atoms with E-state index in [1.165, 1.54) is 0 Å². The predicted octanol–water partition coefficient (Wildman–Crippen LogP) is 2.72. The summed E-state index contributed by atoms with van der Waals surface area (Å²) in [6.07, 6.45) is -11.4. The number of alkyl halides is 6. The fourth-order valence-electron chi connectivity index (χ4n) is 1.49. The fourth-order valence-corrected chi connectivity index (χ4v) is 1.49. The standard InChI is InChI=1S/C11H8F6N2O3/c12-10(13,14)4-1-5(11(15,16)17)9(18)6(2-4)19-7(20)3-8(21)22/h1-2H,3,18H2,(H,19,20)(H,21,22). The number of nitrogens with two attached hydrogens (primary N) is 1. The van der Waals surface area contributed by atoms with Crippen LogP contribution in [0.5, 0.6) is 0 Å². The molecule has 1 aromatic rings. The molecule has 0 bridgehead atoms. The molecule has 0 unspecified atom stereocenters. The SMILES string of the molecule is Nc1c(NC(=O)CC(=O)O)cc(C(F)(F)F)cc1C(F)(F)F. The van der Waals surface area contributed by atoms with Crippen LogP contribution in [0.3, 0.4) is 0 Å². The van der Waals surface area contributed by atoms with Crippen molar-refractivity contribution in [2.45, 2.75) is 18.8 Å². The third kappa shape index (κ3) is 4.27. The molecule has 1 rings (SSSR count). The normalized spacial score (nSPS) is 12.1. The molecule has 1 aromatic carbocycles. The number of amides is 1. The molecule has 0 aliphatic heterocycles. The number of halogens is 6. The van der Waals surface area contributed by atoms with Crippen LogP contribution in [0.15, 0.2) is 12.1 Å². The molecule has 22 heavy (non-hydrogen) atoms. The largest absolute Gasteiger partial charge is 0.481 e. The lowest BCUT2D eigenvalue weighted by molar-refractivity contribution is -0.143. The molecule has 0 fully saturated rings. The molecule has 0 saturated heterocycles. The lowest BCUT2D eigenvalue weighted by Crippen LogP contribution is -2.20. The van der Waals surface area contributed by atoms with Crippen molar-refractivity contribution in [1.29, 1.82) is 0 Å². The van der Waals surface area contributed by atoms with Crippen LogP contribution in [-0.4, -0.2) is 17.0 Å². The number of carboxylic acids is 1. The Balaban J connectivity index is 3.37. The molecule has 11 heteroatoms. The minimum absolute atomic E-state index is 0.192. The van der Waals surface area contributed by atoms with Gasteiger partial charge >= 0.3 is 18.3 Å². The quantitative estimate of drug-likeness (QED) is 0.451. The summed E-state index contributed by atoms with van der Waals surface area (Å²) in [6, 6.07) is 0.00646. The Hall–Kier alpha value is -2.46. The summed E-state index contributed by atoms with van der Waals surface area (Å²) >= 11 is 0. The number of carbonyl (C=O) groups excluding carboxylic acids is 1. The van der Waals surface area contributed by atoms with Gasteiger partial charge in [-0.3, -0.25) is 9.59 Å². The van der Waals surface area contributed by atoms with E-state index >= 15 is 0 Å². The molecule has 0 heterocycles. The van der Waals surface area contributed by atoms with Crippen molar-refractivity contribution >= 4 is 23.3 Å². The van der Waals surface area contributed by atoms with Gasteiger partial charge < -0.3 is 16.2 Å². The highest BCUT2D eigenvalue weighted by Gasteiger charge is 2.39. The Kier molecular flexibility index (Phi) is 4.58. The smallest absolute Gasteiger partial charge is 0.418 e.